The number of hydrogen-bond acceptors (Lipinski definition) is 5. The van der Waals surface area contributed by atoms with Crippen molar-refractivity contribution in [3.8, 4) is 79.5 Å². The quantitative estimate of drug-likeness (QED) is 0.151. The van der Waals surface area contributed by atoms with Crippen LogP contribution in [0.1, 0.15) is 5.56 Å². The first-order chi connectivity index (χ1) is 41.6. The lowest BCUT2D eigenvalue weighted by atomic mass is 9.92. The Balaban J connectivity index is 1.01. The zero-order chi connectivity index (χ0) is 55.4. The topological polar surface area (TPSA) is 90.4 Å². The summed E-state index contributed by atoms with van der Waals surface area (Å²) < 4.78 is 14.0. The highest BCUT2D eigenvalue weighted by Gasteiger charge is 2.26. The maximum absolute atomic E-state index is 9.96. The molecule has 0 fully saturated rings. The Hall–Kier alpha value is -11.7. The van der Waals surface area contributed by atoms with E-state index in [1.165, 1.54) is 10.8 Å². The summed E-state index contributed by atoms with van der Waals surface area (Å²) in [6.45, 7) is 0. The van der Waals surface area contributed by atoms with E-state index in [-0.39, 0.29) is 0 Å². The van der Waals surface area contributed by atoms with Crippen LogP contribution in [0.2, 0.25) is 0 Å². The first-order valence-electron chi connectivity index (χ1n) is 28.1. The number of rotatable bonds is 8. The maximum Gasteiger partial charge on any atom is 0.164 e. The average Bonchev–Trinajstić information content (AvgIpc) is 2.23. The van der Waals surface area contributed by atoms with E-state index >= 15 is 0 Å². The standard InChI is InChI=1S/C76H45N7O/c77-46-47-32-34-48(35-33-47)51-36-41-66(83-65-30-16-11-26-59(65)70-67(83)42-39-56-54-24-10-14-28-63(54)82(72(56)70)52-22-8-3-9-23-52)62(44-51)61-45-53(37-38-58(61)76-79-74(49-18-4-1-5-19-49)78-75(80-76)50-20-6-2-7-21-50)81-64-29-15-12-27-60(64)71-68(81)43-40-57-55-25-13-17-31-69(55)84-73(57)71/h1-45H. The smallest absolute Gasteiger partial charge is 0.164 e. The van der Waals surface area contributed by atoms with E-state index in [0.717, 1.165) is 133 Å². The highest BCUT2D eigenvalue weighted by Crippen LogP contribution is 2.47. The molecule has 0 aliphatic rings. The molecule has 0 spiro atoms. The number of furan rings is 1. The Morgan fingerprint density at radius 3 is 1.56 bits per heavy atom. The van der Waals surface area contributed by atoms with Gasteiger partial charge in [-0.15, -0.1) is 0 Å². The normalized spacial score (nSPS) is 11.8. The van der Waals surface area contributed by atoms with Crippen molar-refractivity contribution < 1.29 is 4.42 Å². The second kappa shape index (κ2) is 18.7. The third-order valence-corrected chi connectivity index (χ3v) is 16.7. The van der Waals surface area contributed by atoms with Crippen molar-refractivity contribution in [2.75, 3.05) is 0 Å². The van der Waals surface area contributed by atoms with Crippen LogP contribution < -0.4 is 0 Å². The van der Waals surface area contributed by atoms with Crippen molar-refractivity contribution in [1.82, 2.24) is 28.7 Å². The molecule has 17 rings (SSSR count). The average molecular weight is 1070 g/mol. The second-order valence-corrected chi connectivity index (χ2v) is 21.4. The van der Waals surface area contributed by atoms with E-state index in [2.05, 4.69) is 220 Å². The summed E-state index contributed by atoms with van der Waals surface area (Å²) in [7, 11) is 0. The van der Waals surface area contributed by atoms with Gasteiger partial charge in [-0.1, -0.05) is 176 Å². The van der Waals surface area contributed by atoms with Crippen LogP contribution in [0.5, 0.6) is 0 Å². The Labute approximate surface area is 481 Å². The van der Waals surface area contributed by atoms with E-state index in [4.69, 9.17) is 19.4 Å². The first kappa shape index (κ1) is 47.2. The van der Waals surface area contributed by atoms with Crippen molar-refractivity contribution >= 4 is 87.4 Å². The maximum atomic E-state index is 9.96. The number of fused-ring (bicyclic) bond motifs is 14. The number of hydrogen-bond donors (Lipinski definition) is 0. The summed E-state index contributed by atoms with van der Waals surface area (Å²) in [6.07, 6.45) is 0. The molecule has 0 saturated carbocycles. The van der Waals surface area contributed by atoms with Gasteiger partial charge in [0.25, 0.3) is 0 Å². The zero-order valence-electron chi connectivity index (χ0n) is 45.0. The van der Waals surface area contributed by atoms with Gasteiger partial charge in [0.15, 0.2) is 17.5 Å². The zero-order valence-corrected chi connectivity index (χ0v) is 45.0. The fraction of sp³-hybridized carbons (Fsp3) is 0. The lowest BCUT2D eigenvalue weighted by Gasteiger charge is -2.20. The van der Waals surface area contributed by atoms with Crippen molar-refractivity contribution in [1.29, 1.82) is 5.26 Å². The van der Waals surface area contributed by atoms with E-state index in [9.17, 15) is 5.26 Å². The van der Waals surface area contributed by atoms with Crippen molar-refractivity contribution in [2.24, 2.45) is 0 Å². The van der Waals surface area contributed by atoms with Gasteiger partial charge in [0.2, 0.25) is 0 Å². The van der Waals surface area contributed by atoms with Crippen LogP contribution in [0.3, 0.4) is 0 Å². The largest absolute Gasteiger partial charge is 0.455 e. The van der Waals surface area contributed by atoms with Gasteiger partial charge in [-0.05, 0) is 114 Å². The molecule has 390 valence electrons. The van der Waals surface area contributed by atoms with E-state index in [0.29, 0.717) is 23.0 Å². The van der Waals surface area contributed by atoms with Crippen LogP contribution in [0.25, 0.3) is 161 Å². The van der Waals surface area contributed by atoms with Crippen LogP contribution in [0, 0.1) is 11.3 Å². The molecular formula is C76H45N7O. The molecule has 8 heteroatoms. The number of nitriles is 1. The van der Waals surface area contributed by atoms with Gasteiger partial charge in [0.1, 0.15) is 11.2 Å². The summed E-state index contributed by atoms with van der Waals surface area (Å²) in [5.41, 5.74) is 18.2. The summed E-state index contributed by atoms with van der Waals surface area (Å²) in [4.78, 5) is 16.0. The molecule has 0 saturated heterocycles. The Bertz CT molecular complexity index is 5490. The SMILES string of the molecule is N#Cc1ccc(-c2ccc(-n3c4ccccc4c4c3ccc3c5ccccc5n(-c5ccccc5)c34)c(-c3cc(-n4c5ccccc5c5c6oc7ccccc7c6ccc54)ccc3-c3nc(-c4ccccc4)nc(-c4ccccc4)n3)c2)cc1. The van der Waals surface area contributed by atoms with Crippen LogP contribution in [0.15, 0.2) is 277 Å². The van der Waals surface area contributed by atoms with Crippen LogP contribution >= 0.6 is 0 Å². The number of aromatic nitrogens is 6. The molecular weight excluding hydrogens is 1030 g/mol. The molecule has 0 amide bonds. The monoisotopic (exact) mass is 1070 g/mol. The Morgan fingerprint density at radius 1 is 0.321 bits per heavy atom. The number of benzene rings is 12. The fourth-order valence-corrected chi connectivity index (χ4v) is 13.0. The summed E-state index contributed by atoms with van der Waals surface area (Å²) in [5.74, 6) is 1.67. The van der Waals surface area contributed by atoms with Gasteiger partial charge >= 0.3 is 0 Å². The Kier molecular flexibility index (Phi) is 10.5. The second-order valence-electron chi connectivity index (χ2n) is 21.4. The van der Waals surface area contributed by atoms with Gasteiger partial charge in [0, 0.05) is 71.3 Å². The molecule has 84 heavy (non-hydrogen) atoms. The minimum Gasteiger partial charge on any atom is -0.455 e. The highest BCUT2D eigenvalue weighted by molar-refractivity contribution is 6.27. The van der Waals surface area contributed by atoms with Crippen molar-refractivity contribution in [3.05, 3.63) is 279 Å². The predicted molar refractivity (Wildman–Crippen MR) is 342 cm³/mol. The molecule has 12 aromatic carbocycles. The van der Waals surface area contributed by atoms with Crippen LogP contribution in [-0.4, -0.2) is 28.7 Å². The lowest BCUT2D eigenvalue weighted by molar-refractivity contribution is 0.673. The first-order valence-corrected chi connectivity index (χ1v) is 28.1. The Morgan fingerprint density at radius 2 is 0.869 bits per heavy atom. The van der Waals surface area contributed by atoms with E-state index < -0.39 is 0 Å². The van der Waals surface area contributed by atoms with E-state index in [1.807, 2.05) is 72.8 Å². The van der Waals surface area contributed by atoms with Gasteiger partial charge in [-0.2, -0.15) is 5.26 Å². The number of nitrogens with zero attached hydrogens (tertiary/aromatic N) is 7. The fourth-order valence-electron chi connectivity index (χ4n) is 13.0. The molecule has 0 aliphatic heterocycles. The molecule has 17 aromatic rings. The molecule has 0 unspecified atom stereocenters. The molecule has 0 atom stereocenters. The molecule has 0 radical (unpaired) electrons. The van der Waals surface area contributed by atoms with Crippen molar-refractivity contribution in [3.63, 3.8) is 0 Å². The molecule has 5 heterocycles. The summed E-state index contributed by atoms with van der Waals surface area (Å²) in [5, 5.41) is 18.9. The lowest BCUT2D eigenvalue weighted by Crippen LogP contribution is -2.04. The molecule has 8 nitrogen and oxygen atoms in total. The number of para-hydroxylation sites is 5. The highest BCUT2D eigenvalue weighted by atomic mass is 16.3. The summed E-state index contributed by atoms with van der Waals surface area (Å²) >= 11 is 0. The summed E-state index contributed by atoms with van der Waals surface area (Å²) in [6, 6.07) is 98.1. The molecule has 5 aromatic heterocycles. The molecule has 0 bridgehead atoms. The predicted octanol–water partition coefficient (Wildman–Crippen LogP) is 19.3. The van der Waals surface area contributed by atoms with Crippen LogP contribution in [-0.2, 0) is 0 Å². The molecule has 0 aliphatic carbocycles. The van der Waals surface area contributed by atoms with E-state index in [1.54, 1.807) is 0 Å². The van der Waals surface area contributed by atoms with Gasteiger partial charge in [-0.3, -0.25) is 0 Å². The van der Waals surface area contributed by atoms with Gasteiger partial charge in [-0.25, -0.2) is 15.0 Å². The minimum atomic E-state index is 0.529. The van der Waals surface area contributed by atoms with Crippen molar-refractivity contribution in [2.45, 2.75) is 0 Å². The van der Waals surface area contributed by atoms with Crippen LogP contribution in [0.4, 0.5) is 0 Å². The minimum absolute atomic E-state index is 0.529. The van der Waals surface area contributed by atoms with Gasteiger partial charge in [0.05, 0.1) is 55.8 Å². The third kappa shape index (κ3) is 7.23. The van der Waals surface area contributed by atoms with Gasteiger partial charge < -0.3 is 18.1 Å². The molecule has 0 N–H and O–H groups in total. The third-order valence-electron chi connectivity index (χ3n) is 16.7.